The van der Waals surface area contributed by atoms with Crippen molar-refractivity contribution >= 4 is 17.3 Å². The van der Waals surface area contributed by atoms with Crippen molar-refractivity contribution in [1.29, 1.82) is 0 Å². The van der Waals surface area contributed by atoms with E-state index >= 15 is 0 Å². The van der Waals surface area contributed by atoms with E-state index in [0.717, 1.165) is 6.42 Å². The number of ether oxygens (including phenoxy) is 1. The lowest BCUT2D eigenvalue weighted by Crippen LogP contribution is -2.42. The maximum absolute atomic E-state index is 11.4. The van der Waals surface area contributed by atoms with E-state index in [-0.39, 0.29) is 17.9 Å². The summed E-state index contributed by atoms with van der Waals surface area (Å²) < 4.78 is 4.76. The summed E-state index contributed by atoms with van der Waals surface area (Å²) in [7, 11) is 1.43. The Kier molecular flexibility index (Phi) is 5.82. The normalized spacial score (nSPS) is 16.1. The van der Waals surface area contributed by atoms with E-state index in [9.17, 15) is 4.79 Å². The van der Waals surface area contributed by atoms with Crippen LogP contribution >= 0.6 is 11.3 Å². The third-order valence-corrected chi connectivity index (χ3v) is 4.20. The predicted octanol–water partition coefficient (Wildman–Crippen LogP) is 2.77. The molecule has 1 heterocycles. The van der Waals surface area contributed by atoms with Crippen molar-refractivity contribution in [2.45, 2.75) is 46.2 Å². The number of hydrogen-bond acceptors (Lipinski definition) is 4. The Morgan fingerprint density at radius 3 is 2.56 bits per heavy atom. The van der Waals surface area contributed by atoms with Gasteiger partial charge in [-0.3, -0.25) is 4.79 Å². The third kappa shape index (κ3) is 4.42. The molecule has 18 heavy (non-hydrogen) atoms. The van der Waals surface area contributed by atoms with Crippen molar-refractivity contribution in [3.63, 3.8) is 0 Å². The van der Waals surface area contributed by atoms with E-state index in [1.54, 1.807) is 0 Å². The third-order valence-electron chi connectivity index (χ3n) is 3.17. The van der Waals surface area contributed by atoms with Crippen LogP contribution in [0, 0.1) is 12.8 Å². The highest BCUT2D eigenvalue weighted by Crippen LogP contribution is 2.17. The van der Waals surface area contributed by atoms with Crippen LogP contribution in [0.25, 0.3) is 0 Å². The van der Waals surface area contributed by atoms with Gasteiger partial charge in [-0.15, -0.1) is 11.3 Å². The SMILES string of the molecule is COC(=O)C(C)C(C)NC(C)Cc1ccc(C)s1. The number of nitrogens with one attached hydrogen (secondary N) is 1. The summed E-state index contributed by atoms with van der Waals surface area (Å²) in [6, 6.07) is 4.79. The number of methoxy groups -OCH3 is 1. The van der Waals surface area contributed by atoms with E-state index in [0.29, 0.717) is 6.04 Å². The Labute approximate surface area is 114 Å². The van der Waals surface area contributed by atoms with E-state index in [1.807, 2.05) is 25.2 Å². The summed E-state index contributed by atoms with van der Waals surface area (Å²) >= 11 is 1.83. The smallest absolute Gasteiger partial charge is 0.309 e. The summed E-state index contributed by atoms with van der Waals surface area (Å²) in [4.78, 5) is 14.2. The minimum Gasteiger partial charge on any atom is -0.469 e. The van der Waals surface area contributed by atoms with Gasteiger partial charge in [0.1, 0.15) is 0 Å². The number of esters is 1. The van der Waals surface area contributed by atoms with E-state index in [4.69, 9.17) is 4.74 Å². The van der Waals surface area contributed by atoms with Crippen molar-refractivity contribution in [3.8, 4) is 0 Å². The molecule has 0 bridgehead atoms. The largest absolute Gasteiger partial charge is 0.469 e. The zero-order valence-electron chi connectivity index (χ0n) is 11.8. The van der Waals surface area contributed by atoms with Gasteiger partial charge in [-0.2, -0.15) is 0 Å². The quantitative estimate of drug-likeness (QED) is 0.807. The van der Waals surface area contributed by atoms with Gasteiger partial charge in [0.15, 0.2) is 0 Å². The first-order chi connectivity index (χ1) is 8.43. The first kappa shape index (κ1) is 15.2. The van der Waals surface area contributed by atoms with Crippen LogP contribution in [0.1, 0.15) is 30.5 Å². The number of rotatable bonds is 6. The van der Waals surface area contributed by atoms with E-state index in [2.05, 4.69) is 31.3 Å². The maximum atomic E-state index is 11.4. The number of carbonyl (C=O) groups is 1. The van der Waals surface area contributed by atoms with Crippen LogP contribution in [-0.4, -0.2) is 25.2 Å². The van der Waals surface area contributed by atoms with Crippen molar-refractivity contribution in [1.82, 2.24) is 5.32 Å². The molecule has 102 valence electrons. The van der Waals surface area contributed by atoms with Crippen LogP contribution in [0.2, 0.25) is 0 Å². The van der Waals surface area contributed by atoms with Gasteiger partial charge in [-0.05, 0) is 39.3 Å². The fraction of sp³-hybridized carbons (Fsp3) is 0.643. The molecule has 0 amide bonds. The molecule has 0 aliphatic rings. The van der Waals surface area contributed by atoms with Crippen molar-refractivity contribution in [2.75, 3.05) is 7.11 Å². The summed E-state index contributed by atoms with van der Waals surface area (Å²) in [5.41, 5.74) is 0. The molecule has 1 rings (SSSR count). The van der Waals surface area contributed by atoms with Gasteiger partial charge < -0.3 is 10.1 Å². The Balaban J connectivity index is 2.44. The lowest BCUT2D eigenvalue weighted by molar-refractivity contribution is -0.145. The number of hydrogen-bond donors (Lipinski definition) is 1. The fourth-order valence-corrected chi connectivity index (χ4v) is 2.96. The summed E-state index contributed by atoms with van der Waals surface area (Å²) in [5, 5.41) is 3.46. The average molecular weight is 269 g/mol. The molecule has 4 heteroatoms. The maximum Gasteiger partial charge on any atom is 0.309 e. The number of thiophene rings is 1. The zero-order valence-corrected chi connectivity index (χ0v) is 12.6. The molecular weight excluding hydrogens is 246 g/mol. The Hall–Kier alpha value is -0.870. The van der Waals surface area contributed by atoms with Gasteiger partial charge in [-0.1, -0.05) is 6.92 Å². The van der Waals surface area contributed by atoms with Crippen molar-refractivity contribution in [2.24, 2.45) is 5.92 Å². The molecule has 0 aliphatic carbocycles. The Morgan fingerprint density at radius 2 is 2.06 bits per heavy atom. The fourth-order valence-electron chi connectivity index (χ4n) is 1.94. The van der Waals surface area contributed by atoms with Crippen LogP contribution in [-0.2, 0) is 16.0 Å². The van der Waals surface area contributed by atoms with Crippen LogP contribution in [0.15, 0.2) is 12.1 Å². The van der Waals surface area contributed by atoms with Gasteiger partial charge in [0.05, 0.1) is 13.0 Å². The van der Waals surface area contributed by atoms with Crippen LogP contribution in [0.4, 0.5) is 0 Å². The van der Waals surface area contributed by atoms with Crippen molar-refractivity contribution in [3.05, 3.63) is 21.9 Å². The monoisotopic (exact) mass is 269 g/mol. The van der Waals surface area contributed by atoms with Crippen LogP contribution in [0.3, 0.4) is 0 Å². The van der Waals surface area contributed by atoms with Gasteiger partial charge in [0, 0.05) is 21.8 Å². The first-order valence-corrected chi connectivity index (χ1v) is 7.15. The molecule has 0 fully saturated rings. The second-order valence-electron chi connectivity index (χ2n) is 4.88. The summed E-state index contributed by atoms with van der Waals surface area (Å²) in [5.74, 6) is -0.281. The average Bonchev–Trinajstić information content (AvgIpc) is 2.72. The molecule has 1 aromatic heterocycles. The van der Waals surface area contributed by atoms with Gasteiger partial charge in [0.2, 0.25) is 0 Å². The minimum absolute atomic E-state index is 0.119. The summed E-state index contributed by atoms with van der Waals surface area (Å²) in [6.07, 6.45) is 0.997. The standard InChI is InChI=1S/C14H23NO2S/c1-9(8-13-7-6-10(2)18-13)15-12(4)11(3)14(16)17-5/h6-7,9,11-12,15H,8H2,1-5H3. The first-order valence-electron chi connectivity index (χ1n) is 6.33. The lowest BCUT2D eigenvalue weighted by Gasteiger charge is -2.23. The van der Waals surface area contributed by atoms with Gasteiger partial charge >= 0.3 is 5.97 Å². The summed E-state index contributed by atoms with van der Waals surface area (Å²) in [6.45, 7) is 8.19. The number of aryl methyl sites for hydroxylation is 1. The molecule has 3 unspecified atom stereocenters. The highest BCUT2D eigenvalue weighted by molar-refractivity contribution is 7.11. The molecule has 1 N–H and O–H groups in total. The van der Waals surface area contributed by atoms with E-state index in [1.165, 1.54) is 16.9 Å². The molecule has 0 spiro atoms. The second-order valence-corrected chi connectivity index (χ2v) is 6.26. The van der Waals surface area contributed by atoms with E-state index < -0.39 is 0 Å². The molecule has 0 saturated carbocycles. The van der Waals surface area contributed by atoms with Crippen molar-refractivity contribution < 1.29 is 9.53 Å². The molecule has 0 aliphatic heterocycles. The minimum atomic E-state index is -0.158. The zero-order chi connectivity index (χ0) is 13.7. The second kappa shape index (κ2) is 6.90. The topological polar surface area (TPSA) is 38.3 Å². The predicted molar refractivity (Wildman–Crippen MR) is 76.0 cm³/mol. The Bertz CT molecular complexity index is 389. The highest BCUT2D eigenvalue weighted by atomic mass is 32.1. The van der Waals surface area contributed by atoms with Gasteiger partial charge in [0.25, 0.3) is 0 Å². The lowest BCUT2D eigenvalue weighted by atomic mass is 10.0. The van der Waals surface area contributed by atoms with Gasteiger partial charge in [-0.25, -0.2) is 0 Å². The molecule has 3 nitrogen and oxygen atoms in total. The van der Waals surface area contributed by atoms with Crippen LogP contribution < -0.4 is 5.32 Å². The molecule has 0 radical (unpaired) electrons. The molecule has 1 aromatic rings. The molecule has 3 atom stereocenters. The molecular formula is C14H23NO2S. The molecule has 0 saturated heterocycles. The Morgan fingerprint density at radius 1 is 1.39 bits per heavy atom. The molecule has 0 aromatic carbocycles. The highest BCUT2D eigenvalue weighted by Gasteiger charge is 2.22. The number of carbonyl (C=O) groups excluding carboxylic acids is 1. The van der Waals surface area contributed by atoms with Crippen LogP contribution in [0.5, 0.6) is 0 Å².